The Hall–Kier alpha value is 0.904. The summed E-state index contributed by atoms with van der Waals surface area (Å²) in [6, 6.07) is 0. The molecule has 0 aliphatic rings. The molecule has 0 bridgehead atoms. The van der Waals surface area contributed by atoms with Crippen molar-refractivity contribution in [1.82, 2.24) is 0 Å². The van der Waals surface area contributed by atoms with Crippen LogP contribution in [0, 0.1) is 0 Å². The molecule has 0 aromatic carbocycles. The molecule has 0 aromatic rings. The van der Waals surface area contributed by atoms with E-state index in [1.807, 2.05) is 0 Å². The van der Waals surface area contributed by atoms with Crippen LogP contribution in [0.25, 0.3) is 0 Å². The van der Waals surface area contributed by atoms with Crippen LogP contribution in [0.4, 0.5) is 0 Å². The van der Waals surface area contributed by atoms with E-state index in [0.29, 0.717) is 0 Å². The molecule has 42 valence electrons. The van der Waals surface area contributed by atoms with Gasteiger partial charge in [0.15, 0.2) is 8.03 Å². The van der Waals surface area contributed by atoms with Crippen LogP contribution in [0.1, 0.15) is 13.8 Å². The summed E-state index contributed by atoms with van der Waals surface area (Å²) in [4.78, 5) is 8.18. The Morgan fingerprint density at radius 2 is 1.71 bits per heavy atom. The summed E-state index contributed by atoms with van der Waals surface area (Å²) in [7, 11) is -2.20. The minimum Gasteiger partial charge on any atom is -0.346 e. The maximum absolute atomic E-state index is 9.88. The molecule has 1 N–H and O–H groups in total. The van der Waals surface area contributed by atoms with Crippen molar-refractivity contribution in [3.63, 3.8) is 0 Å². The molecular formula is C3H9O2PTi. The van der Waals surface area contributed by atoms with Crippen molar-refractivity contribution in [3.05, 3.63) is 0 Å². The van der Waals surface area contributed by atoms with Gasteiger partial charge < -0.3 is 4.89 Å². The van der Waals surface area contributed by atoms with Crippen LogP contribution in [-0.4, -0.2) is 10.6 Å². The smallest absolute Gasteiger partial charge is 0.191 e. The first kappa shape index (κ1) is 10.8. The quantitative estimate of drug-likeness (QED) is 0.451. The van der Waals surface area contributed by atoms with Crippen LogP contribution < -0.4 is 0 Å². The topological polar surface area (TPSA) is 37.3 Å². The Labute approximate surface area is 59.1 Å². The second kappa shape index (κ2) is 5.05. The van der Waals surface area contributed by atoms with E-state index < -0.39 is 8.03 Å². The van der Waals surface area contributed by atoms with Crippen LogP contribution in [0.3, 0.4) is 0 Å². The molecule has 7 heavy (non-hydrogen) atoms. The zero-order valence-electron chi connectivity index (χ0n) is 4.43. The number of rotatable bonds is 1. The third-order valence-electron chi connectivity index (χ3n) is 0.494. The molecule has 1 atom stereocenters. The van der Waals surface area contributed by atoms with E-state index in [1.54, 1.807) is 13.8 Å². The summed E-state index contributed by atoms with van der Waals surface area (Å²) in [5.74, 6) is 0. The fourth-order valence-corrected chi connectivity index (χ4v) is 0. The first-order valence-corrected chi connectivity index (χ1v) is 3.30. The zero-order chi connectivity index (χ0) is 5.15. The number of hydrogen-bond acceptors (Lipinski definition) is 1. The van der Waals surface area contributed by atoms with E-state index in [1.165, 1.54) is 0 Å². The SMILES string of the molecule is CC(C)[PH](=O)O.[Ti]. The van der Waals surface area contributed by atoms with Crippen LogP contribution in [-0.2, 0) is 26.3 Å². The van der Waals surface area contributed by atoms with Gasteiger partial charge in [-0.2, -0.15) is 0 Å². The van der Waals surface area contributed by atoms with Gasteiger partial charge >= 0.3 is 0 Å². The van der Waals surface area contributed by atoms with Gasteiger partial charge in [-0.15, -0.1) is 0 Å². The molecule has 0 saturated carbocycles. The van der Waals surface area contributed by atoms with Crippen molar-refractivity contribution in [2.45, 2.75) is 19.5 Å². The Kier molecular flexibility index (Phi) is 7.80. The largest absolute Gasteiger partial charge is 0.346 e. The molecule has 0 heterocycles. The van der Waals surface area contributed by atoms with E-state index >= 15 is 0 Å². The van der Waals surface area contributed by atoms with Crippen molar-refractivity contribution in [1.29, 1.82) is 0 Å². The summed E-state index contributed by atoms with van der Waals surface area (Å²) in [5, 5.41) is 0. The van der Waals surface area contributed by atoms with Gasteiger partial charge in [0.1, 0.15) is 0 Å². The van der Waals surface area contributed by atoms with Crippen LogP contribution >= 0.6 is 8.03 Å². The molecule has 0 fully saturated rings. The van der Waals surface area contributed by atoms with Gasteiger partial charge in [0, 0.05) is 27.4 Å². The Morgan fingerprint density at radius 1 is 1.57 bits per heavy atom. The molecule has 2 nitrogen and oxygen atoms in total. The van der Waals surface area contributed by atoms with Crippen molar-refractivity contribution in [2.75, 3.05) is 0 Å². The normalized spacial score (nSPS) is 13.1. The van der Waals surface area contributed by atoms with Crippen molar-refractivity contribution < 1.29 is 31.2 Å². The van der Waals surface area contributed by atoms with Gasteiger partial charge in [-0.3, -0.25) is 4.57 Å². The Morgan fingerprint density at radius 3 is 1.71 bits per heavy atom. The van der Waals surface area contributed by atoms with E-state index in [-0.39, 0.29) is 27.4 Å². The summed E-state index contributed by atoms with van der Waals surface area (Å²) >= 11 is 0. The molecule has 4 heteroatoms. The fraction of sp³-hybridized carbons (Fsp3) is 1.00. The monoisotopic (exact) mass is 156 g/mol. The van der Waals surface area contributed by atoms with Crippen LogP contribution in [0.2, 0.25) is 0 Å². The van der Waals surface area contributed by atoms with E-state index in [4.69, 9.17) is 4.89 Å². The first-order chi connectivity index (χ1) is 2.64. The maximum atomic E-state index is 9.88. The van der Waals surface area contributed by atoms with Crippen molar-refractivity contribution in [2.24, 2.45) is 0 Å². The fourth-order valence-electron chi connectivity index (χ4n) is 0. The summed E-state index contributed by atoms with van der Waals surface area (Å²) in [6.07, 6.45) is 0. The number of hydrogen-bond donors (Lipinski definition) is 1. The molecule has 0 aliphatic carbocycles. The van der Waals surface area contributed by atoms with Gasteiger partial charge in [-0.25, -0.2) is 0 Å². The predicted molar refractivity (Wildman–Crippen MR) is 26.4 cm³/mol. The van der Waals surface area contributed by atoms with Gasteiger partial charge in [-0.1, -0.05) is 13.8 Å². The second-order valence-electron chi connectivity index (χ2n) is 1.49. The molecule has 1 unspecified atom stereocenters. The van der Waals surface area contributed by atoms with Crippen LogP contribution in [0.15, 0.2) is 0 Å². The molecule has 0 saturated heterocycles. The van der Waals surface area contributed by atoms with E-state index in [2.05, 4.69) is 0 Å². The molecule has 0 aromatic heterocycles. The van der Waals surface area contributed by atoms with Gasteiger partial charge in [0.2, 0.25) is 0 Å². The first-order valence-electron chi connectivity index (χ1n) is 1.87. The minimum atomic E-state index is -2.20. The van der Waals surface area contributed by atoms with Gasteiger partial charge in [0.05, 0.1) is 0 Å². The molecule has 0 rings (SSSR count). The molecule has 0 radical (unpaired) electrons. The molecule has 0 spiro atoms. The van der Waals surface area contributed by atoms with Gasteiger partial charge in [0.25, 0.3) is 0 Å². The maximum Gasteiger partial charge on any atom is 0.191 e. The van der Waals surface area contributed by atoms with E-state index in [9.17, 15) is 4.57 Å². The van der Waals surface area contributed by atoms with Crippen molar-refractivity contribution in [3.8, 4) is 0 Å². The average molecular weight is 156 g/mol. The average Bonchev–Trinajstić information content (AvgIpc) is 1.36. The molecular weight excluding hydrogens is 147 g/mol. The summed E-state index contributed by atoms with van der Waals surface area (Å²) < 4.78 is 9.88. The van der Waals surface area contributed by atoms with Crippen molar-refractivity contribution >= 4 is 8.03 Å². The summed E-state index contributed by atoms with van der Waals surface area (Å²) in [5.41, 5.74) is -0.0463. The third-order valence-corrected chi connectivity index (χ3v) is 1.48. The zero-order valence-corrected chi connectivity index (χ0v) is 6.99. The minimum absolute atomic E-state index is 0. The van der Waals surface area contributed by atoms with Gasteiger partial charge in [-0.05, 0) is 0 Å². The van der Waals surface area contributed by atoms with Crippen LogP contribution in [0.5, 0.6) is 0 Å². The predicted octanol–water partition coefficient (Wildman–Crippen LogP) is 0.859. The Balaban J connectivity index is 0. The molecule has 0 amide bonds. The third kappa shape index (κ3) is 6.90. The molecule has 0 aliphatic heterocycles. The van der Waals surface area contributed by atoms with E-state index in [0.717, 1.165) is 0 Å². The summed E-state index contributed by atoms with van der Waals surface area (Å²) in [6.45, 7) is 3.45. The second-order valence-corrected chi connectivity index (χ2v) is 3.32. The Bertz CT molecular complexity index is 64.0. The standard InChI is InChI=1S/C3H9O2P.Ti/c1-3(2)6(4)5;/h3,6H,1-2H3,(H,4,5);.